The molecule has 0 radical (unpaired) electrons. The molecule has 1 heterocycles. The molecule has 0 saturated carbocycles. The van der Waals surface area contributed by atoms with E-state index in [4.69, 9.17) is 0 Å². The van der Waals surface area contributed by atoms with Gasteiger partial charge in [-0.3, -0.25) is 4.79 Å². The Labute approximate surface area is 145 Å². The molecule has 0 aliphatic carbocycles. The molecule has 2 rings (SSSR count). The van der Waals surface area contributed by atoms with Crippen molar-refractivity contribution in [3.63, 3.8) is 0 Å². The Bertz CT molecular complexity index is 687. The molecule has 1 amide bonds. The van der Waals surface area contributed by atoms with Gasteiger partial charge in [-0.2, -0.15) is 0 Å². The summed E-state index contributed by atoms with van der Waals surface area (Å²) in [4.78, 5) is 12.7. The van der Waals surface area contributed by atoms with Crippen LogP contribution in [-0.2, 0) is 14.8 Å². The molecule has 1 aromatic rings. The van der Waals surface area contributed by atoms with Crippen LogP contribution in [0.15, 0.2) is 36.0 Å². The molecule has 5 nitrogen and oxygen atoms in total. The van der Waals surface area contributed by atoms with Crippen LogP contribution in [0.3, 0.4) is 0 Å². The SMILES string of the molecule is CCCCN1C(=O)C(NCCCBr)=C(c2ccccc2)S1(=O)=O. The molecule has 0 aromatic heterocycles. The first-order valence-electron chi connectivity index (χ1n) is 7.70. The van der Waals surface area contributed by atoms with Crippen LogP contribution in [-0.4, -0.2) is 37.0 Å². The second-order valence-corrected chi connectivity index (χ2v) is 7.87. The molecule has 0 atom stereocenters. The highest BCUT2D eigenvalue weighted by Gasteiger charge is 2.43. The molecule has 1 aliphatic rings. The molecule has 0 unspecified atom stereocenters. The summed E-state index contributed by atoms with van der Waals surface area (Å²) in [5.41, 5.74) is 0.731. The smallest absolute Gasteiger partial charge is 0.285 e. The third-order valence-electron chi connectivity index (χ3n) is 3.58. The van der Waals surface area contributed by atoms with E-state index >= 15 is 0 Å². The summed E-state index contributed by atoms with van der Waals surface area (Å²) in [5, 5.41) is 3.81. The van der Waals surface area contributed by atoms with Crippen molar-refractivity contribution in [3.8, 4) is 0 Å². The van der Waals surface area contributed by atoms with Gasteiger partial charge in [0, 0.05) is 18.4 Å². The molecular formula is C16H21BrN2O3S. The van der Waals surface area contributed by atoms with E-state index in [-0.39, 0.29) is 17.1 Å². The van der Waals surface area contributed by atoms with E-state index in [1.165, 1.54) is 0 Å². The Hall–Kier alpha value is -1.34. The first-order valence-corrected chi connectivity index (χ1v) is 10.3. The first kappa shape index (κ1) is 18.0. The number of carbonyl (C=O) groups is 1. The fraction of sp³-hybridized carbons (Fsp3) is 0.438. The van der Waals surface area contributed by atoms with Gasteiger partial charge in [-0.1, -0.05) is 59.6 Å². The van der Waals surface area contributed by atoms with Gasteiger partial charge in [-0.15, -0.1) is 0 Å². The number of amides is 1. The van der Waals surface area contributed by atoms with Crippen LogP contribution in [0.25, 0.3) is 4.91 Å². The van der Waals surface area contributed by atoms with Crippen molar-refractivity contribution >= 4 is 36.8 Å². The number of nitrogens with one attached hydrogen (secondary N) is 1. The van der Waals surface area contributed by atoms with Crippen LogP contribution < -0.4 is 5.32 Å². The van der Waals surface area contributed by atoms with Crippen LogP contribution in [0.1, 0.15) is 31.7 Å². The van der Waals surface area contributed by atoms with Crippen molar-refractivity contribution in [3.05, 3.63) is 41.6 Å². The zero-order chi connectivity index (χ0) is 16.9. The largest absolute Gasteiger partial charge is 0.379 e. The third-order valence-corrected chi connectivity index (χ3v) is 6.02. The van der Waals surface area contributed by atoms with E-state index in [0.29, 0.717) is 18.5 Å². The third kappa shape index (κ3) is 3.77. The van der Waals surface area contributed by atoms with Crippen LogP contribution in [0.2, 0.25) is 0 Å². The summed E-state index contributed by atoms with van der Waals surface area (Å²) in [6, 6.07) is 8.80. The van der Waals surface area contributed by atoms with Gasteiger partial charge >= 0.3 is 0 Å². The minimum atomic E-state index is -3.80. The molecule has 7 heteroatoms. The van der Waals surface area contributed by atoms with Gasteiger partial charge in [-0.05, 0) is 18.4 Å². The molecule has 0 bridgehead atoms. The van der Waals surface area contributed by atoms with Gasteiger partial charge in [0.1, 0.15) is 10.6 Å². The highest BCUT2D eigenvalue weighted by atomic mass is 79.9. The van der Waals surface area contributed by atoms with Gasteiger partial charge in [0.15, 0.2) is 0 Å². The number of hydrogen-bond acceptors (Lipinski definition) is 4. The van der Waals surface area contributed by atoms with Crippen molar-refractivity contribution in [2.45, 2.75) is 26.2 Å². The zero-order valence-corrected chi connectivity index (χ0v) is 15.5. The zero-order valence-electron chi connectivity index (χ0n) is 13.1. The summed E-state index contributed by atoms with van der Waals surface area (Å²) >= 11 is 3.33. The molecule has 23 heavy (non-hydrogen) atoms. The lowest BCUT2D eigenvalue weighted by molar-refractivity contribution is -0.122. The van der Waals surface area contributed by atoms with Gasteiger partial charge in [0.05, 0.1) is 0 Å². The molecule has 0 spiro atoms. The molecule has 1 aliphatic heterocycles. The predicted molar refractivity (Wildman–Crippen MR) is 95.3 cm³/mol. The Morgan fingerprint density at radius 1 is 1.17 bits per heavy atom. The van der Waals surface area contributed by atoms with Crippen LogP contribution in [0.5, 0.6) is 0 Å². The van der Waals surface area contributed by atoms with Crippen LogP contribution in [0.4, 0.5) is 0 Å². The number of benzene rings is 1. The molecule has 0 saturated heterocycles. The average Bonchev–Trinajstić information content (AvgIpc) is 2.73. The Kier molecular flexibility index (Phi) is 6.24. The lowest BCUT2D eigenvalue weighted by Gasteiger charge is -2.15. The highest BCUT2D eigenvalue weighted by molar-refractivity contribution is 9.09. The number of sulfonamides is 1. The number of unbranched alkanes of at least 4 members (excludes halogenated alkanes) is 1. The van der Waals surface area contributed by atoms with E-state index in [2.05, 4.69) is 21.2 Å². The lowest BCUT2D eigenvalue weighted by Crippen LogP contribution is -2.34. The van der Waals surface area contributed by atoms with Crippen molar-refractivity contribution in [2.75, 3.05) is 18.4 Å². The van der Waals surface area contributed by atoms with Crippen molar-refractivity contribution < 1.29 is 13.2 Å². The Balaban J connectivity index is 2.45. The molecular weight excluding hydrogens is 380 g/mol. The molecule has 1 aromatic carbocycles. The number of alkyl halides is 1. The van der Waals surface area contributed by atoms with E-state index in [0.717, 1.165) is 22.5 Å². The van der Waals surface area contributed by atoms with Gasteiger partial charge in [0.25, 0.3) is 15.9 Å². The maximum absolute atomic E-state index is 12.9. The van der Waals surface area contributed by atoms with Crippen molar-refractivity contribution in [1.82, 2.24) is 9.62 Å². The van der Waals surface area contributed by atoms with E-state index in [1.807, 2.05) is 13.0 Å². The van der Waals surface area contributed by atoms with Crippen LogP contribution >= 0.6 is 15.9 Å². The maximum atomic E-state index is 12.9. The monoisotopic (exact) mass is 400 g/mol. The highest BCUT2D eigenvalue weighted by Crippen LogP contribution is 2.34. The van der Waals surface area contributed by atoms with E-state index in [1.54, 1.807) is 24.3 Å². The molecule has 1 N–H and O–H groups in total. The second-order valence-electron chi connectivity index (χ2n) is 5.28. The van der Waals surface area contributed by atoms with Gasteiger partial charge in [-0.25, -0.2) is 12.7 Å². The molecule has 126 valence electrons. The summed E-state index contributed by atoms with van der Waals surface area (Å²) in [7, 11) is -3.80. The minimum absolute atomic E-state index is 0.0915. The predicted octanol–water partition coefficient (Wildman–Crippen LogP) is 2.70. The lowest BCUT2D eigenvalue weighted by atomic mass is 10.2. The summed E-state index contributed by atoms with van der Waals surface area (Å²) < 4.78 is 26.7. The van der Waals surface area contributed by atoms with E-state index < -0.39 is 15.9 Å². The minimum Gasteiger partial charge on any atom is -0.379 e. The summed E-state index contributed by atoms with van der Waals surface area (Å²) in [5.74, 6) is -0.452. The normalized spacial score (nSPS) is 17.0. The van der Waals surface area contributed by atoms with Gasteiger partial charge < -0.3 is 5.32 Å². The molecule has 0 fully saturated rings. The summed E-state index contributed by atoms with van der Waals surface area (Å²) in [6.45, 7) is 2.73. The van der Waals surface area contributed by atoms with Crippen LogP contribution in [0, 0.1) is 0 Å². The Morgan fingerprint density at radius 3 is 2.48 bits per heavy atom. The summed E-state index contributed by atoms with van der Waals surface area (Å²) in [6.07, 6.45) is 2.28. The number of nitrogens with zero attached hydrogens (tertiary/aromatic N) is 1. The maximum Gasteiger partial charge on any atom is 0.285 e. The van der Waals surface area contributed by atoms with Crippen molar-refractivity contribution in [2.24, 2.45) is 0 Å². The fourth-order valence-electron chi connectivity index (χ4n) is 2.41. The first-order chi connectivity index (χ1) is 11.0. The number of carbonyl (C=O) groups excluding carboxylic acids is 1. The number of halogens is 1. The topological polar surface area (TPSA) is 66.5 Å². The number of hydrogen-bond donors (Lipinski definition) is 1. The van der Waals surface area contributed by atoms with Gasteiger partial charge in [0.2, 0.25) is 0 Å². The average molecular weight is 401 g/mol. The standard InChI is InChI=1S/C16H21BrN2O3S/c1-2-3-12-19-16(20)14(18-11-7-10-17)15(23(19,21)22)13-8-5-4-6-9-13/h4-6,8-9,18H,2-3,7,10-12H2,1H3. The number of rotatable bonds is 8. The van der Waals surface area contributed by atoms with Crippen molar-refractivity contribution in [1.29, 1.82) is 0 Å². The second kappa shape index (κ2) is 7.97. The Morgan fingerprint density at radius 2 is 1.87 bits per heavy atom. The van der Waals surface area contributed by atoms with E-state index in [9.17, 15) is 13.2 Å². The fourth-order valence-corrected chi connectivity index (χ4v) is 4.44. The quantitative estimate of drug-likeness (QED) is 0.537.